The Labute approximate surface area is 143 Å². The topological polar surface area (TPSA) is 83.0 Å². The van der Waals surface area contributed by atoms with Crippen molar-refractivity contribution in [3.05, 3.63) is 40.8 Å². The van der Waals surface area contributed by atoms with Crippen molar-refractivity contribution in [1.29, 1.82) is 0 Å². The molecule has 0 aliphatic carbocycles. The molecule has 1 saturated heterocycles. The van der Waals surface area contributed by atoms with Crippen LogP contribution >= 0.6 is 11.3 Å². The van der Waals surface area contributed by atoms with Gasteiger partial charge >= 0.3 is 0 Å². The first kappa shape index (κ1) is 15.3. The van der Waals surface area contributed by atoms with E-state index in [1.54, 1.807) is 17.5 Å². The molecular weight excluding hydrogens is 324 g/mol. The van der Waals surface area contributed by atoms with Gasteiger partial charge in [-0.2, -0.15) is 0 Å². The first-order valence-electron chi connectivity index (χ1n) is 7.91. The lowest BCUT2D eigenvalue weighted by molar-refractivity contribution is -0.117. The fraction of sp³-hybridized carbons (Fsp3) is 0.353. The first-order valence-corrected chi connectivity index (χ1v) is 8.73. The summed E-state index contributed by atoms with van der Waals surface area (Å²) in [5.74, 6) is 0.0116. The molecule has 3 aromatic heterocycles. The highest BCUT2D eigenvalue weighted by atomic mass is 32.1. The van der Waals surface area contributed by atoms with Gasteiger partial charge in [0.25, 0.3) is 0 Å². The van der Waals surface area contributed by atoms with Crippen LogP contribution in [0.3, 0.4) is 0 Å². The van der Waals surface area contributed by atoms with Gasteiger partial charge in [-0.1, -0.05) is 0 Å². The predicted octanol–water partition coefficient (Wildman–Crippen LogP) is 2.32. The third-order valence-electron chi connectivity index (χ3n) is 4.33. The summed E-state index contributed by atoms with van der Waals surface area (Å²) in [7, 11) is 0. The minimum atomic E-state index is -0.381. The molecule has 6 nitrogen and oxygen atoms in total. The predicted molar refractivity (Wildman–Crippen MR) is 92.6 cm³/mol. The highest BCUT2D eigenvalue weighted by molar-refractivity contribution is 7.14. The van der Waals surface area contributed by atoms with Gasteiger partial charge in [-0.05, 0) is 25.5 Å². The smallest absolute Gasteiger partial charge is 0.223 e. The quantitative estimate of drug-likeness (QED) is 0.789. The minimum absolute atomic E-state index is 0.142. The highest BCUT2D eigenvalue weighted by Gasteiger charge is 2.23. The number of carbonyl (C=O) groups excluding carboxylic acids is 1. The number of aryl methyl sites for hydroxylation is 1. The number of rotatable bonds is 4. The van der Waals surface area contributed by atoms with Crippen LogP contribution in [0.4, 0.5) is 0 Å². The van der Waals surface area contributed by atoms with E-state index in [1.807, 2.05) is 18.3 Å². The van der Waals surface area contributed by atoms with Crippen LogP contribution < -0.4 is 5.73 Å². The van der Waals surface area contributed by atoms with Gasteiger partial charge in [0.2, 0.25) is 5.91 Å². The van der Waals surface area contributed by atoms with Gasteiger partial charge in [-0.15, -0.1) is 11.3 Å². The number of nitrogens with zero attached hydrogens (tertiary/aromatic N) is 3. The van der Waals surface area contributed by atoms with Crippen LogP contribution in [0.25, 0.3) is 16.0 Å². The molecule has 2 N–H and O–H groups in total. The maximum Gasteiger partial charge on any atom is 0.223 e. The number of primary amides is 1. The SMILES string of the molecule is Cc1sc(-n2ccc3cnc(CC(N)=O)cc32)nc1C1CCOC1. The zero-order chi connectivity index (χ0) is 16.7. The Morgan fingerprint density at radius 1 is 1.54 bits per heavy atom. The molecule has 124 valence electrons. The van der Waals surface area contributed by atoms with Crippen LogP contribution in [0.5, 0.6) is 0 Å². The Morgan fingerprint density at radius 2 is 2.42 bits per heavy atom. The van der Waals surface area contributed by atoms with Crippen LogP contribution in [0.15, 0.2) is 24.5 Å². The number of ether oxygens (including phenoxy) is 1. The largest absolute Gasteiger partial charge is 0.381 e. The number of nitrogens with two attached hydrogens (primary N) is 1. The van der Waals surface area contributed by atoms with Crippen molar-refractivity contribution in [3.8, 4) is 5.13 Å². The number of pyridine rings is 1. The molecule has 4 rings (SSSR count). The van der Waals surface area contributed by atoms with Crippen LogP contribution in [0.2, 0.25) is 0 Å². The molecule has 0 bridgehead atoms. The number of hydrogen-bond donors (Lipinski definition) is 1. The van der Waals surface area contributed by atoms with E-state index in [1.165, 1.54) is 4.88 Å². The fourth-order valence-corrected chi connectivity index (χ4v) is 4.13. The van der Waals surface area contributed by atoms with Crippen LogP contribution in [0.1, 0.15) is 28.6 Å². The Morgan fingerprint density at radius 3 is 3.17 bits per heavy atom. The second-order valence-electron chi connectivity index (χ2n) is 6.06. The second kappa shape index (κ2) is 5.99. The van der Waals surface area contributed by atoms with Crippen molar-refractivity contribution < 1.29 is 9.53 Å². The fourth-order valence-electron chi connectivity index (χ4n) is 3.14. The van der Waals surface area contributed by atoms with Crippen molar-refractivity contribution >= 4 is 28.1 Å². The zero-order valence-corrected chi connectivity index (χ0v) is 14.2. The van der Waals surface area contributed by atoms with E-state index in [0.29, 0.717) is 11.6 Å². The third-order valence-corrected chi connectivity index (χ3v) is 5.32. The Bertz CT molecular complexity index is 909. The summed E-state index contributed by atoms with van der Waals surface area (Å²) in [6, 6.07) is 3.92. The number of hydrogen-bond acceptors (Lipinski definition) is 5. The molecule has 1 aliphatic heterocycles. The molecule has 1 aliphatic rings. The summed E-state index contributed by atoms with van der Waals surface area (Å²) >= 11 is 1.68. The molecule has 0 spiro atoms. The summed E-state index contributed by atoms with van der Waals surface area (Å²) in [5.41, 5.74) is 8.08. The molecule has 4 heterocycles. The van der Waals surface area contributed by atoms with E-state index in [-0.39, 0.29) is 12.3 Å². The lowest BCUT2D eigenvalue weighted by Crippen LogP contribution is -2.14. The van der Waals surface area contributed by atoms with E-state index >= 15 is 0 Å². The van der Waals surface area contributed by atoms with Crippen LogP contribution in [0, 0.1) is 6.92 Å². The lowest BCUT2D eigenvalue weighted by Gasteiger charge is -2.04. The molecule has 0 saturated carbocycles. The molecule has 1 atom stereocenters. The Hall–Kier alpha value is -2.25. The van der Waals surface area contributed by atoms with Gasteiger partial charge in [0.1, 0.15) is 0 Å². The van der Waals surface area contributed by atoms with Gasteiger partial charge in [-0.25, -0.2) is 4.98 Å². The maximum absolute atomic E-state index is 11.1. The van der Waals surface area contributed by atoms with Gasteiger partial charge < -0.3 is 10.5 Å². The van der Waals surface area contributed by atoms with Gasteiger partial charge in [0, 0.05) is 35.2 Å². The van der Waals surface area contributed by atoms with Crippen molar-refractivity contribution in [3.63, 3.8) is 0 Å². The van der Waals surface area contributed by atoms with E-state index in [4.69, 9.17) is 15.5 Å². The average molecular weight is 342 g/mol. The first-order chi connectivity index (χ1) is 11.6. The molecule has 0 radical (unpaired) electrons. The number of thiazole rings is 1. The van der Waals surface area contributed by atoms with Crippen molar-refractivity contribution in [2.45, 2.75) is 25.7 Å². The molecule has 7 heteroatoms. The van der Waals surface area contributed by atoms with E-state index < -0.39 is 0 Å². The van der Waals surface area contributed by atoms with E-state index in [2.05, 4.69) is 16.5 Å². The Kier molecular flexibility index (Phi) is 3.82. The van der Waals surface area contributed by atoms with Crippen molar-refractivity contribution in [2.75, 3.05) is 13.2 Å². The normalized spacial score (nSPS) is 17.6. The summed E-state index contributed by atoms with van der Waals surface area (Å²) in [5, 5.41) is 1.95. The number of fused-ring (bicyclic) bond motifs is 1. The maximum atomic E-state index is 11.1. The molecule has 24 heavy (non-hydrogen) atoms. The second-order valence-corrected chi connectivity index (χ2v) is 7.24. The van der Waals surface area contributed by atoms with Crippen LogP contribution in [-0.2, 0) is 16.0 Å². The standard InChI is InChI=1S/C17H18N4O2S/c1-10-16(12-3-5-23-9-12)20-17(24-10)21-4-2-11-8-19-13(6-14(11)21)7-15(18)22/h2,4,6,8,12H,3,5,7,9H2,1H3,(H2,18,22). The molecule has 3 aromatic rings. The van der Waals surface area contributed by atoms with Crippen LogP contribution in [-0.4, -0.2) is 33.7 Å². The molecule has 0 aromatic carbocycles. The molecule has 1 amide bonds. The number of carbonyl (C=O) groups is 1. The van der Waals surface area contributed by atoms with Crippen molar-refractivity contribution in [2.24, 2.45) is 5.73 Å². The molecule has 1 fully saturated rings. The highest BCUT2D eigenvalue weighted by Crippen LogP contribution is 2.33. The van der Waals surface area contributed by atoms with Gasteiger partial charge in [-0.3, -0.25) is 14.3 Å². The summed E-state index contributed by atoms with van der Waals surface area (Å²) < 4.78 is 7.55. The zero-order valence-electron chi connectivity index (χ0n) is 13.4. The number of aromatic nitrogens is 3. The number of amides is 1. The van der Waals surface area contributed by atoms with E-state index in [0.717, 1.165) is 41.4 Å². The monoisotopic (exact) mass is 342 g/mol. The van der Waals surface area contributed by atoms with Gasteiger partial charge in [0.15, 0.2) is 5.13 Å². The molecular formula is C17H18N4O2S. The van der Waals surface area contributed by atoms with E-state index in [9.17, 15) is 4.79 Å². The van der Waals surface area contributed by atoms with Crippen molar-refractivity contribution in [1.82, 2.24) is 14.5 Å². The van der Waals surface area contributed by atoms with Gasteiger partial charge in [0.05, 0.1) is 29.9 Å². The average Bonchev–Trinajstić information content (AvgIpc) is 3.24. The Balaban J connectivity index is 1.75. The summed E-state index contributed by atoms with van der Waals surface area (Å²) in [4.78, 5) is 21.5. The third kappa shape index (κ3) is 2.70. The molecule has 1 unspecified atom stereocenters. The lowest BCUT2D eigenvalue weighted by atomic mass is 10.0. The summed E-state index contributed by atoms with van der Waals surface area (Å²) in [6.07, 6.45) is 4.94. The minimum Gasteiger partial charge on any atom is -0.381 e. The summed E-state index contributed by atoms with van der Waals surface area (Å²) in [6.45, 7) is 3.68.